The molecule has 7 nitrogen and oxygen atoms in total. The maximum Gasteiger partial charge on any atom is 0.271 e. The SMILES string of the molecule is Cc1cc(C(=O)NNC(=O)CNC(=O)Cc2ccccc2)c(C)n1-c1ccccc1. The Morgan fingerprint density at radius 1 is 0.833 bits per heavy atom. The van der Waals surface area contributed by atoms with E-state index in [1.54, 1.807) is 6.07 Å². The minimum atomic E-state index is -0.512. The standard InChI is InChI=1S/C23H24N4O3/c1-16-13-20(17(2)27(16)19-11-7-4-8-12-19)23(30)26-25-22(29)15-24-21(28)14-18-9-5-3-6-10-18/h3-13H,14-15H2,1-2H3,(H,24,28)(H,25,29)(H,26,30). The van der Waals surface area contributed by atoms with Gasteiger partial charge in [0.1, 0.15) is 0 Å². The molecule has 0 bridgehead atoms. The quantitative estimate of drug-likeness (QED) is 0.550. The molecule has 0 radical (unpaired) electrons. The van der Waals surface area contributed by atoms with E-state index < -0.39 is 11.8 Å². The van der Waals surface area contributed by atoms with Gasteiger partial charge in [-0.2, -0.15) is 0 Å². The molecule has 3 amide bonds. The molecular weight excluding hydrogens is 380 g/mol. The lowest BCUT2D eigenvalue weighted by molar-refractivity contribution is -0.126. The van der Waals surface area contributed by atoms with Crippen molar-refractivity contribution < 1.29 is 14.4 Å². The number of hydrazine groups is 1. The van der Waals surface area contributed by atoms with Crippen LogP contribution < -0.4 is 16.2 Å². The molecule has 1 aromatic heterocycles. The summed E-state index contributed by atoms with van der Waals surface area (Å²) in [6, 6.07) is 20.7. The molecular formula is C23H24N4O3. The van der Waals surface area contributed by atoms with E-state index >= 15 is 0 Å². The molecule has 7 heteroatoms. The number of rotatable bonds is 6. The zero-order valence-corrected chi connectivity index (χ0v) is 16.9. The van der Waals surface area contributed by atoms with Crippen LogP contribution in [0.3, 0.4) is 0 Å². The maximum absolute atomic E-state index is 12.5. The third-order valence-electron chi connectivity index (χ3n) is 4.66. The van der Waals surface area contributed by atoms with Gasteiger partial charge in [0, 0.05) is 17.1 Å². The predicted octanol–water partition coefficient (Wildman–Crippen LogP) is 2.21. The van der Waals surface area contributed by atoms with Gasteiger partial charge in [-0.1, -0.05) is 48.5 Å². The van der Waals surface area contributed by atoms with Crippen molar-refractivity contribution >= 4 is 17.7 Å². The molecule has 0 saturated carbocycles. The largest absolute Gasteiger partial charge is 0.347 e. The summed E-state index contributed by atoms with van der Waals surface area (Å²) in [6.07, 6.45) is 0.186. The van der Waals surface area contributed by atoms with Crippen LogP contribution in [0.25, 0.3) is 5.69 Å². The Hall–Kier alpha value is -3.87. The van der Waals surface area contributed by atoms with Gasteiger partial charge in [-0.05, 0) is 37.6 Å². The van der Waals surface area contributed by atoms with Gasteiger partial charge >= 0.3 is 0 Å². The Balaban J connectivity index is 1.52. The Morgan fingerprint density at radius 2 is 1.47 bits per heavy atom. The number of aryl methyl sites for hydroxylation is 1. The fourth-order valence-electron chi connectivity index (χ4n) is 3.23. The van der Waals surface area contributed by atoms with Crippen LogP contribution in [0.2, 0.25) is 0 Å². The molecule has 0 aliphatic carbocycles. The van der Waals surface area contributed by atoms with Crippen LogP contribution in [0.5, 0.6) is 0 Å². The van der Waals surface area contributed by atoms with Crippen LogP contribution in [-0.2, 0) is 16.0 Å². The van der Waals surface area contributed by atoms with Gasteiger partial charge in [0.15, 0.2) is 0 Å². The number of amides is 3. The second kappa shape index (κ2) is 9.56. The van der Waals surface area contributed by atoms with Crippen molar-refractivity contribution in [1.29, 1.82) is 0 Å². The summed E-state index contributed by atoms with van der Waals surface area (Å²) < 4.78 is 1.97. The molecule has 0 atom stereocenters. The molecule has 0 aliphatic heterocycles. The molecule has 3 rings (SSSR count). The minimum Gasteiger partial charge on any atom is -0.347 e. The van der Waals surface area contributed by atoms with Gasteiger partial charge in [0.05, 0.1) is 18.5 Å². The van der Waals surface area contributed by atoms with E-state index in [-0.39, 0.29) is 18.9 Å². The van der Waals surface area contributed by atoms with Crippen molar-refractivity contribution in [2.45, 2.75) is 20.3 Å². The molecule has 3 N–H and O–H groups in total. The number of para-hydroxylation sites is 1. The first-order valence-electron chi connectivity index (χ1n) is 9.60. The fourth-order valence-corrected chi connectivity index (χ4v) is 3.23. The number of hydrogen-bond acceptors (Lipinski definition) is 3. The summed E-state index contributed by atoms with van der Waals surface area (Å²) >= 11 is 0. The van der Waals surface area contributed by atoms with Crippen molar-refractivity contribution in [1.82, 2.24) is 20.7 Å². The lowest BCUT2D eigenvalue weighted by atomic mass is 10.1. The van der Waals surface area contributed by atoms with E-state index in [4.69, 9.17) is 0 Å². The lowest BCUT2D eigenvalue weighted by Gasteiger charge is -2.10. The summed E-state index contributed by atoms with van der Waals surface area (Å²) in [7, 11) is 0. The number of aromatic nitrogens is 1. The molecule has 2 aromatic carbocycles. The normalized spacial score (nSPS) is 10.3. The number of carbonyl (C=O) groups excluding carboxylic acids is 3. The Morgan fingerprint density at radius 3 is 2.13 bits per heavy atom. The second-order valence-corrected chi connectivity index (χ2v) is 6.90. The third kappa shape index (κ3) is 5.14. The van der Waals surface area contributed by atoms with Crippen molar-refractivity contribution in [3.8, 4) is 5.69 Å². The van der Waals surface area contributed by atoms with Gasteiger partial charge in [-0.3, -0.25) is 25.2 Å². The Kier molecular flexibility index (Phi) is 6.64. The highest BCUT2D eigenvalue weighted by molar-refractivity contribution is 5.97. The molecule has 1 heterocycles. The molecule has 0 unspecified atom stereocenters. The summed E-state index contributed by atoms with van der Waals surface area (Å²) in [5.41, 5.74) is 8.68. The topological polar surface area (TPSA) is 92.2 Å². The predicted molar refractivity (Wildman–Crippen MR) is 114 cm³/mol. The van der Waals surface area contributed by atoms with Crippen LogP contribution in [0.4, 0.5) is 0 Å². The van der Waals surface area contributed by atoms with E-state index in [0.717, 1.165) is 22.6 Å². The van der Waals surface area contributed by atoms with Crippen molar-refractivity contribution in [3.63, 3.8) is 0 Å². The van der Waals surface area contributed by atoms with Gasteiger partial charge in [-0.15, -0.1) is 0 Å². The smallest absolute Gasteiger partial charge is 0.271 e. The summed E-state index contributed by atoms with van der Waals surface area (Å²) in [5, 5.41) is 2.53. The summed E-state index contributed by atoms with van der Waals surface area (Å²) in [6.45, 7) is 3.53. The monoisotopic (exact) mass is 404 g/mol. The highest BCUT2D eigenvalue weighted by Gasteiger charge is 2.17. The van der Waals surface area contributed by atoms with Crippen molar-refractivity contribution in [2.24, 2.45) is 0 Å². The first kappa shape index (κ1) is 20.9. The van der Waals surface area contributed by atoms with Crippen molar-refractivity contribution in [3.05, 3.63) is 89.2 Å². The molecule has 30 heavy (non-hydrogen) atoms. The highest BCUT2D eigenvalue weighted by Crippen LogP contribution is 2.20. The molecule has 0 aliphatic rings. The second-order valence-electron chi connectivity index (χ2n) is 6.90. The number of hydrogen-bond donors (Lipinski definition) is 3. The maximum atomic E-state index is 12.5. The van der Waals surface area contributed by atoms with E-state index in [0.29, 0.717) is 5.56 Å². The van der Waals surface area contributed by atoms with E-state index in [2.05, 4.69) is 16.2 Å². The molecule has 154 valence electrons. The van der Waals surface area contributed by atoms with Gasteiger partial charge in [0.25, 0.3) is 11.8 Å². The van der Waals surface area contributed by atoms with Crippen LogP contribution in [0.15, 0.2) is 66.7 Å². The molecule has 0 fully saturated rings. The first-order valence-corrected chi connectivity index (χ1v) is 9.60. The van der Waals surface area contributed by atoms with Gasteiger partial charge in [-0.25, -0.2) is 0 Å². The zero-order valence-electron chi connectivity index (χ0n) is 16.9. The van der Waals surface area contributed by atoms with E-state index in [9.17, 15) is 14.4 Å². The molecule has 0 saturated heterocycles. The number of nitrogens with zero attached hydrogens (tertiary/aromatic N) is 1. The van der Waals surface area contributed by atoms with Gasteiger partial charge < -0.3 is 9.88 Å². The third-order valence-corrected chi connectivity index (χ3v) is 4.66. The Bertz CT molecular complexity index is 1040. The number of nitrogens with one attached hydrogen (secondary N) is 3. The summed E-state index contributed by atoms with van der Waals surface area (Å²) in [4.78, 5) is 36.4. The zero-order chi connectivity index (χ0) is 21.5. The average molecular weight is 404 g/mol. The van der Waals surface area contributed by atoms with E-state index in [1.807, 2.05) is 79.1 Å². The number of benzene rings is 2. The number of carbonyl (C=O) groups is 3. The summed E-state index contributed by atoms with van der Waals surface area (Å²) in [5.74, 6) is -1.20. The lowest BCUT2D eigenvalue weighted by Crippen LogP contribution is -2.46. The molecule has 0 spiro atoms. The van der Waals surface area contributed by atoms with E-state index in [1.165, 1.54) is 0 Å². The highest BCUT2D eigenvalue weighted by atomic mass is 16.2. The Labute approximate surface area is 175 Å². The van der Waals surface area contributed by atoms with Crippen molar-refractivity contribution in [2.75, 3.05) is 6.54 Å². The fraction of sp³-hybridized carbons (Fsp3) is 0.174. The van der Waals surface area contributed by atoms with Crippen LogP contribution in [-0.4, -0.2) is 28.8 Å². The average Bonchev–Trinajstić information content (AvgIpc) is 3.06. The van der Waals surface area contributed by atoms with Crippen LogP contribution in [0.1, 0.15) is 27.3 Å². The van der Waals surface area contributed by atoms with Crippen LogP contribution >= 0.6 is 0 Å². The first-order chi connectivity index (χ1) is 14.5. The van der Waals surface area contributed by atoms with Crippen LogP contribution in [0, 0.1) is 13.8 Å². The van der Waals surface area contributed by atoms with Gasteiger partial charge in [0.2, 0.25) is 5.91 Å². The molecule has 3 aromatic rings. The minimum absolute atomic E-state index is 0.186.